The molecule has 0 bridgehead atoms. The zero-order valence-corrected chi connectivity index (χ0v) is 13.9. The first-order valence-electron chi connectivity index (χ1n) is 8.47. The van der Waals surface area contributed by atoms with Crippen molar-refractivity contribution in [1.29, 1.82) is 0 Å². The summed E-state index contributed by atoms with van der Waals surface area (Å²) in [6, 6.07) is 14.8. The van der Waals surface area contributed by atoms with E-state index in [4.69, 9.17) is 0 Å². The molecule has 1 saturated heterocycles. The highest BCUT2D eigenvalue weighted by Gasteiger charge is 2.22. The van der Waals surface area contributed by atoms with E-state index in [0.29, 0.717) is 16.8 Å². The lowest BCUT2D eigenvalue weighted by atomic mass is 10.1. The maximum absolute atomic E-state index is 12.6. The van der Waals surface area contributed by atoms with Crippen LogP contribution < -0.4 is 5.32 Å². The minimum absolute atomic E-state index is 0.00951. The largest absolute Gasteiger partial charge is 0.339 e. The van der Waals surface area contributed by atoms with Crippen LogP contribution in [0.15, 0.2) is 48.5 Å². The molecule has 0 unspecified atom stereocenters. The van der Waals surface area contributed by atoms with Crippen LogP contribution in [-0.2, 0) is 6.42 Å². The van der Waals surface area contributed by atoms with E-state index in [1.54, 1.807) is 12.1 Å². The lowest BCUT2D eigenvalue weighted by Gasteiger charge is -2.18. The third-order valence-corrected chi connectivity index (χ3v) is 4.42. The highest BCUT2D eigenvalue weighted by Crippen LogP contribution is 2.21. The second-order valence-electron chi connectivity index (χ2n) is 6.05. The molecule has 0 aliphatic carbocycles. The molecule has 4 heteroatoms. The number of rotatable bonds is 4. The van der Waals surface area contributed by atoms with Crippen molar-refractivity contribution in [1.82, 2.24) is 4.90 Å². The predicted octanol–water partition coefficient (Wildman–Crippen LogP) is 3.74. The topological polar surface area (TPSA) is 49.4 Å². The summed E-state index contributed by atoms with van der Waals surface area (Å²) in [6.07, 6.45) is 3.03. The summed E-state index contributed by atoms with van der Waals surface area (Å²) in [6.45, 7) is 3.66. The van der Waals surface area contributed by atoms with Crippen molar-refractivity contribution >= 4 is 17.5 Å². The number of likely N-dealkylation sites (tertiary alicyclic amines) is 1. The number of carbonyl (C=O) groups is 2. The first-order valence-corrected chi connectivity index (χ1v) is 8.47. The number of para-hydroxylation sites is 1. The van der Waals surface area contributed by atoms with Gasteiger partial charge in [0, 0.05) is 18.7 Å². The smallest absolute Gasteiger partial charge is 0.255 e. The second kappa shape index (κ2) is 7.30. The quantitative estimate of drug-likeness (QED) is 0.932. The molecular formula is C20H22N2O2. The SMILES string of the molecule is CCc1ccc(C(=O)Nc2ccccc2C(=O)N2CCCC2)cc1. The number of benzene rings is 2. The van der Waals surface area contributed by atoms with Crippen molar-refractivity contribution in [2.24, 2.45) is 0 Å². The highest BCUT2D eigenvalue weighted by atomic mass is 16.2. The standard InChI is InChI=1S/C20H22N2O2/c1-2-15-9-11-16(12-10-15)19(23)21-18-8-4-3-7-17(18)20(24)22-13-5-6-14-22/h3-4,7-12H,2,5-6,13-14H2,1H3,(H,21,23). The molecule has 2 aromatic carbocycles. The van der Waals surface area contributed by atoms with Gasteiger partial charge in [-0.05, 0) is 49.1 Å². The molecule has 124 valence electrons. The first kappa shape index (κ1) is 16.2. The van der Waals surface area contributed by atoms with Crippen LogP contribution in [0.25, 0.3) is 0 Å². The number of hydrogen-bond acceptors (Lipinski definition) is 2. The molecular weight excluding hydrogens is 300 g/mol. The summed E-state index contributed by atoms with van der Waals surface area (Å²) in [5.74, 6) is -0.205. The molecule has 2 aromatic rings. The molecule has 3 rings (SSSR count). The molecule has 1 aliphatic heterocycles. The summed E-state index contributed by atoms with van der Waals surface area (Å²) in [5, 5.41) is 2.88. The number of nitrogens with one attached hydrogen (secondary N) is 1. The van der Waals surface area contributed by atoms with E-state index in [1.807, 2.05) is 41.3 Å². The van der Waals surface area contributed by atoms with Crippen molar-refractivity contribution in [2.45, 2.75) is 26.2 Å². The van der Waals surface area contributed by atoms with E-state index in [0.717, 1.165) is 32.4 Å². The van der Waals surface area contributed by atoms with Gasteiger partial charge in [0.2, 0.25) is 0 Å². The molecule has 0 spiro atoms. The Balaban J connectivity index is 1.79. The van der Waals surface area contributed by atoms with E-state index in [-0.39, 0.29) is 11.8 Å². The Bertz CT molecular complexity index is 732. The lowest BCUT2D eigenvalue weighted by molar-refractivity contribution is 0.0794. The number of amides is 2. The van der Waals surface area contributed by atoms with Crippen molar-refractivity contribution < 1.29 is 9.59 Å². The third kappa shape index (κ3) is 3.48. The maximum atomic E-state index is 12.6. The Morgan fingerprint density at radius 3 is 2.33 bits per heavy atom. The van der Waals surface area contributed by atoms with Gasteiger partial charge in [-0.3, -0.25) is 9.59 Å². The fourth-order valence-corrected chi connectivity index (χ4v) is 2.96. The van der Waals surface area contributed by atoms with Crippen LogP contribution in [0.4, 0.5) is 5.69 Å². The zero-order valence-electron chi connectivity index (χ0n) is 13.9. The monoisotopic (exact) mass is 322 g/mol. The van der Waals surface area contributed by atoms with Crippen LogP contribution in [0, 0.1) is 0 Å². The fourth-order valence-electron chi connectivity index (χ4n) is 2.96. The molecule has 0 saturated carbocycles. The van der Waals surface area contributed by atoms with Gasteiger partial charge < -0.3 is 10.2 Å². The second-order valence-corrected chi connectivity index (χ2v) is 6.05. The van der Waals surface area contributed by atoms with Gasteiger partial charge in [-0.15, -0.1) is 0 Å². The number of anilines is 1. The third-order valence-electron chi connectivity index (χ3n) is 4.42. The van der Waals surface area contributed by atoms with Crippen molar-refractivity contribution in [3.63, 3.8) is 0 Å². The fraction of sp³-hybridized carbons (Fsp3) is 0.300. The predicted molar refractivity (Wildman–Crippen MR) is 95.4 cm³/mol. The van der Waals surface area contributed by atoms with E-state index in [9.17, 15) is 9.59 Å². The number of nitrogens with zero attached hydrogens (tertiary/aromatic N) is 1. The average Bonchev–Trinajstić information content (AvgIpc) is 3.16. The molecule has 0 radical (unpaired) electrons. The summed E-state index contributed by atoms with van der Waals surface area (Å²) in [7, 11) is 0. The minimum atomic E-state index is -0.195. The Hall–Kier alpha value is -2.62. The van der Waals surface area contributed by atoms with Gasteiger partial charge in [0.15, 0.2) is 0 Å². The molecule has 4 nitrogen and oxygen atoms in total. The number of carbonyl (C=O) groups excluding carboxylic acids is 2. The molecule has 1 N–H and O–H groups in total. The van der Waals surface area contributed by atoms with Gasteiger partial charge in [0.1, 0.15) is 0 Å². The van der Waals surface area contributed by atoms with E-state index < -0.39 is 0 Å². The lowest BCUT2D eigenvalue weighted by Crippen LogP contribution is -2.28. The van der Waals surface area contributed by atoms with E-state index in [1.165, 1.54) is 5.56 Å². The molecule has 1 aliphatic rings. The summed E-state index contributed by atoms with van der Waals surface area (Å²) < 4.78 is 0. The maximum Gasteiger partial charge on any atom is 0.255 e. The Kier molecular flexibility index (Phi) is 4.94. The summed E-state index contributed by atoms with van der Waals surface area (Å²) in [5.41, 5.74) is 2.91. The van der Waals surface area contributed by atoms with Gasteiger partial charge >= 0.3 is 0 Å². The van der Waals surface area contributed by atoms with E-state index >= 15 is 0 Å². The van der Waals surface area contributed by atoms with Crippen LogP contribution >= 0.6 is 0 Å². The minimum Gasteiger partial charge on any atom is -0.339 e. The van der Waals surface area contributed by atoms with Crippen LogP contribution in [0.1, 0.15) is 46.0 Å². The van der Waals surface area contributed by atoms with Crippen LogP contribution in [0.5, 0.6) is 0 Å². The van der Waals surface area contributed by atoms with Crippen molar-refractivity contribution in [3.8, 4) is 0 Å². The molecule has 0 atom stereocenters. The molecule has 2 amide bonds. The Morgan fingerprint density at radius 1 is 1.00 bits per heavy atom. The van der Waals surface area contributed by atoms with Crippen LogP contribution in [0.3, 0.4) is 0 Å². The van der Waals surface area contributed by atoms with Crippen LogP contribution in [-0.4, -0.2) is 29.8 Å². The molecule has 1 heterocycles. The van der Waals surface area contributed by atoms with Gasteiger partial charge in [0.05, 0.1) is 11.3 Å². The van der Waals surface area contributed by atoms with E-state index in [2.05, 4.69) is 12.2 Å². The van der Waals surface area contributed by atoms with Crippen molar-refractivity contribution in [2.75, 3.05) is 18.4 Å². The average molecular weight is 322 g/mol. The molecule has 0 aromatic heterocycles. The first-order chi connectivity index (χ1) is 11.7. The Morgan fingerprint density at radius 2 is 1.67 bits per heavy atom. The molecule has 1 fully saturated rings. The highest BCUT2D eigenvalue weighted by molar-refractivity contribution is 6.09. The van der Waals surface area contributed by atoms with Gasteiger partial charge in [-0.2, -0.15) is 0 Å². The normalized spacial score (nSPS) is 13.8. The molecule has 24 heavy (non-hydrogen) atoms. The Labute approximate surface area is 142 Å². The number of hydrogen-bond donors (Lipinski definition) is 1. The van der Waals surface area contributed by atoms with Gasteiger partial charge in [-0.25, -0.2) is 0 Å². The van der Waals surface area contributed by atoms with Gasteiger partial charge in [-0.1, -0.05) is 31.2 Å². The van der Waals surface area contributed by atoms with Crippen molar-refractivity contribution in [3.05, 3.63) is 65.2 Å². The summed E-state index contributed by atoms with van der Waals surface area (Å²) >= 11 is 0. The zero-order chi connectivity index (χ0) is 16.9. The summed E-state index contributed by atoms with van der Waals surface area (Å²) in [4.78, 5) is 27.0. The van der Waals surface area contributed by atoms with Crippen LogP contribution in [0.2, 0.25) is 0 Å². The number of aryl methyl sites for hydroxylation is 1. The van der Waals surface area contributed by atoms with Gasteiger partial charge in [0.25, 0.3) is 11.8 Å².